The molecule has 0 spiro atoms. The summed E-state index contributed by atoms with van der Waals surface area (Å²) >= 11 is 0. The number of fused-ring (bicyclic) bond motifs is 2. The zero-order valence-corrected chi connectivity index (χ0v) is 34.1. The van der Waals surface area contributed by atoms with Crippen LogP contribution >= 0.6 is 0 Å². The molecule has 304 valence electrons. The van der Waals surface area contributed by atoms with Crippen LogP contribution in [0.5, 0.6) is 11.5 Å². The van der Waals surface area contributed by atoms with E-state index < -0.39 is 84.7 Å². The summed E-state index contributed by atoms with van der Waals surface area (Å²) in [5.74, 6) is -19.4. The zero-order valence-electron chi connectivity index (χ0n) is 32.1. The maximum Gasteiger partial charge on any atom is 0.200 e. The van der Waals surface area contributed by atoms with Crippen molar-refractivity contribution in [3.8, 4) is 33.8 Å². The van der Waals surface area contributed by atoms with Gasteiger partial charge in [0.2, 0.25) is 11.6 Å². The second kappa shape index (κ2) is 14.9. The largest absolute Gasteiger partial charge is 0.453 e. The van der Waals surface area contributed by atoms with Gasteiger partial charge in [0.15, 0.2) is 58.0 Å². The average Bonchev–Trinajstić information content (AvgIpc) is 3.25. The summed E-state index contributed by atoms with van der Waals surface area (Å²) in [5, 5.41) is -0.930. The molecule has 0 bridgehead atoms. The van der Waals surface area contributed by atoms with Crippen LogP contribution in [0, 0.1) is 58.2 Å². The van der Waals surface area contributed by atoms with Crippen molar-refractivity contribution >= 4 is 54.0 Å². The lowest BCUT2D eigenvalue weighted by atomic mass is 10.0. The Kier molecular flexibility index (Phi) is 10.1. The predicted octanol–water partition coefficient (Wildman–Crippen LogP) is 11.6. The van der Waals surface area contributed by atoms with Crippen molar-refractivity contribution in [1.82, 2.24) is 0 Å². The highest BCUT2D eigenvalue weighted by Gasteiger charge is 2.41. The Hall–Kier alpha value is -6.13. The van der Waals surface area contributed by atoms with Crippen LogP contribution in [0.3, 0.4) is 0 Å². The quantitative estimate of drug-likeness (QED) is 0.0685. The number of para-hydroxylation sites is 1. The van der Waals surface area contributed by atoms with Gasteiger partial charge in [-0.1, -0.05) is 105 Å². The Bertz CT molecular complexity index is 2650. The fourth-order valence-corrected chi connectivity index (χ4v) is 14.1. The maximum absolute atomic E-state index is 15.3. The predicted molar refractivity (Wildman–Crippen MR) is 218 cm³/mol. The van der Waals surface area contributed by atoms with Crippen LogP contribution in [-0.4, -0.2) is 16.1 Å². The van der Waals surface area contributed by atoms with Gasteiger partial charge in [0.05, 0.1) is 11.4 Å². The van der Waals surface area contributed by atoms with Crippen LogP contribution in [0.4, 0.5) is 61.0 Å². The van der Waals surface area contributed by atoms with Crippen molar-refractivity contribution in [2.75, 3.05) is 4.90 Å². The highest BCUT2D eigenvalue weighted by molar-refractivity contribution is 7.01. The first-order valence-electron chi connectivity index (χ1n) is 18.5. The lowest BCUT2D eigenvalue weighted by Gasteiger charge is -2.34. The highest BCUT2D eigenvalue weighted by Crippen LogP contribution is 2.52. The number of ether oxygens (including phenoxy) is 1. The minimum atomic E-state index is -3.68. The number of anilines is 3. The van der Waals surface area contributed by atoms with E-state index in [0.29, 0.717) is 55.5 Å². The van der Waals surface area contributed by atoms with Gasteiger partial charge in [-0.25, -0.2) is 43.9 Å². The minimum absolute atomic E-state index is 0.330. The van der Waals surface area contributed by atoms with Crippen molar-refractivity contribution < 1.29 is 48.6 Å². The van der Waals surface area contributed by atoms with E-state index in [2.05, 4.69) is 0 Å². The van der Waals surface area contributed by atoms with Crippen LogP contribution in [-0.2, 0) is 0 Å². The van der Waals surface area contributed by atoms with E-state index in [1.807, 2.05) is 35.2 Å². The number of nitrogens with zero attached hydrogens (tertiary/aromatic N) is 1. The van der Waals surface area contributed by atoms with Gasteiger partial charge in [-0.2, -0.15) is 0 Å². The van der Waals surface area contributed by atoms with Crippen molar-refractivity contribution in [1.29, 1.82) is 0 Å². The first kappa shape index (κ1) is 40.6. The van der Waals surface area contributed by atoms with Gasteiger partial charge in [0.1, 0.15) is 16.1 Å². The molecule has 0 aromatic heterocycles. The molecule has 60 heavy (non-hydrogen) atoms. The Morgan fingerprint density at radius 2 is 0.717 bits per heavy atom. The summed E-state index contributed by atoms with van der Waals surface area (Å²) in [5.41, 5.74) is 3.92. The molecule has 1 aliphatic rings. The molecule has 0 saturated carbocycles. The van der Waals surface area contributed by atoms with Crippen LogP contribution in [0.2, 0.25) is 26.2 Å². The van der Waals surface area contributed by atoms with E-state index >= 15 is 17.6 Å². The van der Waals surface area contributed by atoms with Gasteiger partial charge in [-0.05, 0) is 69.0 Å². The normalized spacial score (nSPS) is 12.6. The standard InChI is InChI=1S/C46H31F10NOSi2/c1-59(2,45-41(53)37(49)35(47)38(50)42(45)54)33-16-10-8-14-27(33)24-18-20-29-31(22-24)58-32-23-25(19-21-30(32)57(29)26-12-6-5-7-13-26)28-15-9-11-17-34(28)60(3,4)46-43(55)39(51)36(48)40(52)44(46)56/h5-23H,1-4H3. The van der Waals surface area contributed by atoms with E-state index in [-0.39, 0.29) is 0 Å². The van der Waals surface area contributed by atoms with E-state index in [1.165, 1.54) is 26.2 Å². The molecular weight excluding hydrogens is 829 g/mol. The third kappa shape index (κ3) is 6.31. The smallest absolute Gasteiger partial charge is 0.200 e. The van der Waals surface area contributed by atoms with Crippen LogP contribution < -0.4 is 30.4 Å². The molecule has 2 nitrogen and oxygen atoms in total. The Morgan fingerprint density at radius 1 is 0.383 bits per heavy atom. The molecule has 0 saturated heterocycles. The molecule has 0 amide bonds. The third-order valence-electron chi connectivity index (χ3n) is 11.1. The molecule has 7 aromatic carbocycles. The van der Waals surface area contributed by atoms with Gasteiger partial charge in [0.25, 0.3) is 0 Å². The topological polar surface area (TPSA) is 12.5 Å². The average molecular weight is 860 g/mol. The van der Waals surface area contributed by atoms with Crippen LogP contribution in [0.25, 0.3) is 22.3 Å². The lowest BCUT2D eigenvalue weighted by molar-refractivity contribution is 0.383. The molecule has 0 N–H and O–H groups in total. The van der Waals surface area contributed by atoms with Gasteiger partial charge in [0, 0.05) is 16.1 Å². The summed E-state index contributed by atoms with van der Waals surface area (Å²) in [4.78, 5) is 1.93. The molecule has 1 heterocycles. The number of benzene rings is 7. The highest BCUT2D eigenvalue weighted by atomic mass is 28.3. The van der Waals surface area contributed by atoms with Crippen LogP contribution in [0.15, 0.2) is 115 Å². The van der Waals surface area contributed by atoms with E-state index in [4.69, 9.17) is 4.74 Å². The van der Waals surface area contributed by atoms with Gasteiger partial charge >= 0.3 is 0 Å². The van der Waals surface area contributed by atoms with Crippen molar-refractivity contribution in [3.05, 3.63) is 173 Å². The van der Waals surface area contributed by atoms with Crippen molar-refractivity contribution in [2.45, 2.75) is 26.2 Å². The molecule has 14 heteroatoms. The fraction of sp³-hybridized carbons (Fsp3) is 0.0870. The molecule has 0 atom stereocenters. The maximum atomic E-state index is 15.3. The Labute approximate surface area is 340 Å². The number of hydrogen-bond donors (Lipinski definition) is 0. The molecule has 0 unspecified atom stereocenters. The summed E-state index contributed by atoms with van der Waals surface area (Å²) in [6.07, 6.45) is 0. The van der Waals surface area contributed by atoms with Crippen molar-refractivity contribution in [2.24, 2.45) is 0 Å². The second-order valence-corrected chi connectivity index (χ2v) is 23.9. The SMILES string of the molecule is C[Si](C)(c1ccccc1-c1ccc2c(c1)Oc1cc(-c3ccccc3[Si](C)(C)c3c(F)c(F)c(F)c(F)c3F)ccc1N2c1ccccc1)c1c(F)c(F)c(F)c(F)c1F. The summed E-state index contributed by atoms with van der Waals surface area (Å²) in [6, 6.07) is 33.0. The summed E-state index contributed by atoms with van der Waals surface area (Å²) in [7, 11) is -7.35. The first-order valence-corrected chi connectivity index (χ1v) is 24.5. The molecule has 0 fully saturated rings. The molecule has 0 aliphatic carbocycles. The van der Waals surface area contributed by atoms with Gasteiger partial charge in [-0.3, -0.25) is 0 Å². The fourth-order valence-electron chi connectivity index (χ4n) is 8.14. The molecular formula is C46H31F10NOSi2. The second-order valence-electron chi connectivity index (χ2n) is 15.4. The molecule has 7 aromatic rings. The van der Waals surface area contributed by atoms with Gasteiger partial charge in [-0.15, -0.1) is 0 Å². The lowest BCUT2D eigenvalue weighted by Crippen LogP contribution is -2.57. The van der Waals surface area contributed by atoms with E-state index in [0.717, 1.165) is 5.69 Å². The summed E-state index contributed by atoms with van der Waals surface area (Å²) < 4.78 is 154. The van der Waals surface area contributed by atoms with Crippen molar-refractivity contribution in [3.63, 3.8) is 0 Å². The molecule has 8 rings (SSSR count). The Balaban J connectivity index is 1.26. The first-order chi connectivity index (χ1) is 28.5. The summed E-state index contributed by atoms with van der Waals surface area (Å²) in [6.45, 7) is 6.01. The monoisotopic (exact) mass is 859 g/mol. The van der Waals surface area contributed by atoms with Crippen LogP contribution in [0.1, 0.15) is 0 Å². The van der Waals surface area contributed by atoms with E-state index in [9.17, 15) is 26.3 Å². The Morgan fingerprint density at radius 3 is 1.10 bits per heavy atom. The molecule has 0 radical (unpaired) electrons. The number of hydrogen-bond acceptors (Lipinski definition) is 2. The molecule has 1 aliphatic heterocycles. The minimum Gasteiger partial charge on any atom is -0.453 e. The number of rotatable bonds is 7. The third-order valence-corrected chi connectivity index (χ3v) is 18.1. The van der Waals surface area contributed by atoms with Gasteiger partial charge < -0.3 is 9.64 Å². The number of halogens is 10. The van der Waals surface area contributed by atoms with E-state index in [1.54, 1.807) is 84.9 Å². The zero-order chi connectivity index (χ0) is 43.0.